The molecule has 0 saturated carbocycles. The quantitative estimate of drug-likeness (QED) is 0.199. The predicted octanol–water partition coefficient (Wildman–Crippen LogP) is 7.68. The van der Waals surface area contributed by atoms with Crippen LogP contribution in [-0.2, 0) is 18.6 Å². The lowest BCUT2D eigenvalue weighted by molar-refractivity contribution is -0.150. The van der Waals surface area contributed by atoms with E-state index in [2.05, 4.69) is 82.5 Å². The molecule has 1 N–H and O–H groups in total. The lowest BCUT2D eigenvalue weighted by Gasteiger charge is -2.41. The Balaban J connectivity index is 1.95. The first-order chi connectivity index (χ1) is 17.7. The van der Waals surface area contributed by atoms with Gasteiger partial charge in [-0.3, -0.25) is 0 Å². The maximum atomic E-state index is 11.1. The highest BCUT2D eigenvalue weighted by atomic mass is 127. The van der Waals surface area contributed by atoms with Crippen molar-refractivity contribution in [2.75, 3.05) is 7.11 Å². The van der Waals surface area contributed by atoms with Crippen molar-refractivity contribution in [3.8, 4) is 5.75 Å². The molecule has 0 amide bonds. The normalized spacial score (nSPS) is 34.7. The summed E-state index contributed by atoms with van der Waals surface area (Å²) in [6, 6.07) is 7.84. The summed E-state index contributed by atoms with van der Waals surface area (Å²) in [5.41, 5.74) is 1.48. The first-order valence-electron chi connectivity index (χ1n) is 13.6. The van der Waals surface area contributed by atoms with Gasteiger partial charge in [0.1, 0.15) is 11.9 Å². The van der Waals surface area contributed by atoms with E-state index in [4.69, 9.17) is 23.4 Å². The molecule has 8 heteroatoms. The molecule has 214 valence electrons. The Morgan fingerprint density at radius 3 is 2.39 bits per heavy atom. The Morgan fingerprint density at radius 2 is 1.82 bits per heavy atom. The number of methoxy groups -OCH3 is 1. The number of fused-ring (bicyclic) bond motifs is 1. The number of hydrogen-bond acceptors (Lipinski definition) is 6. The summed E-state index contributed by atoms with van der Waals surface area (Å²) < 4.78 is 33.6. The monoisotopic (exact) mass is 658 g/mol. The molecule has 0 bridgehead atoms. The fourth-order valence-corrected chi connectivity index (χ4v) is 6.53. The second-order valence-electron chi connectivity index (χ2n) is 12.5. The molecule has 0 aromatic heterocycles. The second-order valence-corrected chi connectivity index (χ2v) is 17.9. The van der Waals surface area contributed by atoms with Gasteiger partial charge in [0.2, 0.25) is 0 Å². The zero-order chi connectivity index (χ0) is 28.3. The standard InChI is InChI=1S/C30H47IO6Si/c1-20-10-15-25-30(6,36-28(34-25)22-11-13-23(33-7)14-12-22)17-16-24(37-38(8,9)29(3,4)5)18-26(32)35-27(20)21(2)19-31/h10-15,19-20,24-28,32H,16-18H2,1-9H3/b15-10+,21-19+/t20-,24?,25-,26?,27?,28?,30+/m0/s1. The number of halogens is 1. The molecule has 4 unspecified atom stereocenters. The largest absolute Gasteiger partial charge is 0.497 e. The van der Waals surface area contributed by atoms with E-state index in [0.717, 1.165) is 29.7 Å². The molecule has 2 aliphatic heterocycles. The van der Waals surface area contributed by atoms with Crippen LogP contribution in [0.15, 0.2) is 46.1 Å². The first-order valence-corrected chi connectivity index (χ1v) is 17.8. The first kappa shape index (κ1) is 31.8. The minimum absolute atomic E-state index is 0.0303. The molecule has 0 radical (unpaired) electrons. The van der Waals surface area contributed by atoms with Gasteiger partial charge in [0.15, 0.2) is 20.9 Å². The Kier molecular flexibility index (Phi) is 10.7. The summed E-state index contributed by atoms with van der Waals surface area (Å²) in [6.45, 7) is 17.5. The third-order valence-electron chi connectivity index (χ3n) is 8.32. The van der Waals surface area contributed by atoms with Crippen LogP contribution >= 0.6 is 22.6 Å². The van der Waals surface area contributed by atoms with Crippen molar-refractivity contribution in [1.29, 1.82) is 0 Å². The molecule has 0 aliphatic carbocycles. The van der Waals surface area contributed by atoms with Gasteiger partial charge >= 0.3 is 0 Å². The molecule has 1 aromatic carbocycles. The van der Waals surface area contributed by atoms with Gasteiger partial charge in [-0.15, -0.1) is 0 Å². The van der Waals surface area contributed by atoms with E-state index < -0.39 is 26.5 Å². The molecule has 0 spiro atoms. The van der Waals surface area contributed by atoms with Gasteiger partial charge in [0.05, 0.1) is 18.8 Å². The highest BCUT2D eigenvalue weighted by molar-refractivity contribution is 14.1. The Hall–Kier alpha value is -0.753. The van der Waals surface area contributed by atoms with Crippen LogP contribution in [0.25, 0.3) is 0 Å². The van der Waals surface area contributed by atoms with Crippen LogP contribution in [0.3, 0.4) is 0 Å². The number of aliphatic hydroxyl groups excluding tert-OH is 1. The maximum absolute atomic E-state index is 11.1. The summed E-state index contributed by atoms with van der Waals surface area (Å²) in [7, 11) is -0.421. The van der Waals surface area contributed by atoms with Crippen molar-refractivity contribution in [3.05, 3.63) is 51.6 Å². The van der Waals surface area contributed by atoms with Crippen molar-refractivity contribution >= 4 is 30.9 Å². The van der Waals surface area contributed by atoms with E-state index >= 15 is 0 Å². The van der Waals surface area contributed by atoms with E-state index in [9.17, 15) is 5.11 Å². The minimum atomic E-state index is -2.08. The molecule has 3 rings (SSSR count). The van der Waals surface area contributed by atoms with E-state index in [1.54, 1.807) is 7.11 Å². The number of rotatable bonds is 5. The van der Waals surface area contributed by atoms with Crippen LogP contribution in [0.4, 0.5) is 0 Å². The third kappa shape index (κ3) is 7.71. The Morgan fingerprint density at radius 1 is 1.16 bits per heavy atom. The van der Waals surface area contributed by atoms with Gasteiger partial charge in [-0.05, 0) is 66.6 Å². The zero-order valence-corrected chi connectivity index (χ0v) is 27.7. The van der Waals surface area contributed by atoms with E-state index in [0.29, 0.717) is 6.42 Å². The molecule has 2 aliphatic rings. The van der Waals surface area contributed by atoms with Crippen LogP contribution in [0.2, 0.25) is 18.1 Å². The topological polar surface area (TPSA) is 66.4 Å². The number of ether oxygens (including phenoxy) is 4. The molecule has 1 aromatic rings. The summed E-state index contributed by atoms with van der Waals surface area (Å²) >= 11 is 2.24. The van der Waals surface area contributed by atoms with Crippen molar-refractivity contribution in [2.24, 2.45) is 5.92 Å². The molecular formula is C30H47IO6Si. The summed E-state index contributed by atoms with van der Waals surface area (Å²) in [4.78, 5) is 0. The fraction of sp³-hybridized carbons (Fsp3) is 0.667. The predicted molar refractivity (Wildman–Crippen MR) is 163 cm³/mol. The maximum Gasteiger partial charge on any atom is 0.192 e. The van der Waals surface area contributed by atoms with E-state index in [1.165, 1.54) is 0 Å². The molecule has 1 fully saturated rings. The van der Waals surface area contributed by atoms with Gasteiger partial charge in [-0.2, -0.15) is 0 Å². The minimum Gasteiger partial charge on any atom is -0.497 e. The number of benzene rings is 1. The van der Waals surface area contributed by atoms with Crippen molar-refractivity contribution < 1.29 is 28.5 Å². The van der Waals surface area contributed by atoms with Gasteiger partial charge < -0.3 is 28.5 Å². The Labute approximate surface area is 244 Å². The lowest BCUT2D eigenvalue weighted by Crippen LogP contribution is -2.46. The summed E-state index contributed by atoms with van der Waals surface area (Å²) in [5.74, 6) is 0.829. The van der Waals surface area contributed by atoms with E-state index in [-0.39, 0.29) is 29.3 Å². The van der Waals surface area contributed by atoms with Crippen LogP contribution in [-0.4, -0.2) is 50.7 Å². The summed E-state index contributed by atoms with van der Waals surface area (Å²) in [6.07, 6.45) is 4.07. The smallest absolute Gasteiger partial charge is 0.192 e. The van der Waals surface area contributed by atoms with Gasteiger partial charge in [0, 0.05) is 24.0 Å². The molecule has 7 atom stereocenters. The van der Waals surface area contributed by atoms with Crippen LogP contribution in [0.5, 0.6) is 5.75 Å². The molecule has 1 saturated heterocycles. The average molecular weight is 659 g/mol. The van der Waals surface area contributed by atoms with Crippen molar-refractivity contribution in [1.82, 2.24) is 0 Å². The highest BCUT2D eigenvalue weighted by Gasteiger charge is 2.47. The van der Waals surface area contributed by atoms with Crippen molar-refractivity contribution in [2.45, 2.75) is 115 Å². The van der Waals surface area contributed by atoms with Gasteiger partial charge in [0.25, 0.3) is 0 Å². The zero-order valence-electron chi connectivity index (χ0n) is 24.5. The number of hydrogen-bond donors (Lipinski definition) is 1. The van der Waals surface area contributed by atoms with Crippen molar-refractivity contribution in [3.63, 3.8) is 0 Å². The second kappa shape index (κ2) is 12.8. The molecule has 2 heterocycles. The Bertz CT molecular complexity index is 972. The van der Waals surface area contributed by atoms with Crippen LogP contribution in [0.1, 0.15) is 72.7 Å². The fourth-order valence-electron chi connectivity index (χ4n) is 4.77. The lowest BCUT2D eigenvalue weighted by atomic mass is 9.89. The van der Waals surface area contributed by atoms with E-state index in [1.807, 2.05) is 35.3 Å². The van der Waals surface area contributed by atoms with Gasteiger partial charge in [-0.25, -0.2) is 0 Å². The molecule has 38 heavy (non-hydrogen) atoms. The summed E-state index contributed by atoms with van der Waals surface area (Å²) in [5, 5.41) is 11.1. The van der Waals surface area contributed by atoms with Gasteiger partial charge in [-0.1, -0.05) is 74.6 Å². The average Bonchev–Trinajstić information content (AvgIpc) is 3.19. The highest BCUT2D eigenvalue weighted by Crippen LogP contribution is 2.44. The van der Waals surface area contributed by atoms with Crippen LogP contribution in [0, 0.1) is 5.92 Å². The molecular weight excluding hydrogens is 611 g/mol. The van der Waals surface area contributed by atoms with Crippen LogP contribution < -0.4 is 4.74 Å². The SMILES string of the molecule is COc1ccc(C2O[C@H]3/C=C/[C@H](C)C(/C(C)=C/I)OC(O)CC(O[Si](C)(C)C(C)(C)C)CC[C@@]3(C)O2)cc1. The number of aliphatic hydroxyl groups is 1. The molecule has 6 nitrogen and oxygen atoms in total. The third-order valence-corrected chi connectivity index (χ3v) is 13.8.